The van der Waals surface area contributed by atoms with Crippen LogP contribution in [0.1, 0.15) is 22.3 Å². The lowest BCUT2D eigenvalue weighted by molar-refractivity contribution is -0.131. The molecule has 0 unspecified atom stereocenters. The number of rotatable bonds is 7. The summed E-state index contributed by atoms with van der Waals surface area (Å²) in [6.45, 7) is 2.23. The molecule has 0 spiro atoms. The minimum absolute atomic E-state index is 0.0862. The quantitative estimate of drug-likeness (QED) is 0.293. The topological polar surface area (TPSA) is 88.1 Å². The monoisotopic (exact) mass is 601 g/mol. The van der Waals surface area contributed by atoms with Crippen molar-refractivity contribution in [1.82, 2.24) is 20.0 Å². The molecule has 3 heterocycles. The number of hydrogen-bond acceptors (Lipinski definition) is 7. The molecule has 0 atom stereocenters. The summed E-state index contributed by atoms with van der Waals surface area (Å²) in [6.07, 6.45) is 0.711. The van der Waals surface area contributed by atoms with Gasteiger partial charge in [0.2, 0.25) is 12.7 Å². The molecule has 3 aromatic carbocycles. The zero-order valence-electron chi connectivity index (χ0n) is 23.3. The number of ether oxygens (including phenoxy) is 2. The number of anilines is 1. The van der Waals surface area contributed by atoms with Gasteiger partial charge in [0.15, 0.2) is 17.3 Å². The number of aromatic nitrogens is 2. The molecular weight excluding hydrogens is 573 g/mol. The standard InChI is InChI=1S/C32H29ClFN5O4/c33-25-8-3-1-6-23(25)27-11-13-30(36-35-27)37-14-5-15-38(17-16-37)31(40)20-39(32(41)24-7-2-4-9-26(24)34)19-22-10-12-28-29(18-22)43-21-42-28/h1-4,6-13,18H,5,14-17,19-21H2. The number of carbonyl (C=O) groups is 2. The molecule has 11 heteroatoms. The third-order valence-electron chi connectivity index (χ3n) is 7.50. The van der Waals surface area contributed by atoms with Crippen molar-refractivity contribution >= 4 is 29.2 Å². The van der Waals surface area contributed by atoms with Crippen molar-refractivity contribution < 1.29 is 23.5 Å². The highest BCUT2D eigenvalue weighted by molar-refractivity contribution is 6.33. The van der Waals surface area contributed by atoms with Crippen LogP contribution in [0.25, 0.3) is 11.3 Å². The third-order valence-corrected chi connectivity index (χ3v) is 7.83. The smallest absolute Gasteiger partial charge is 0.257 e. The van der Waals surface area contributed by atoms with Gasteiger partial charge in [0, 0.05) is 38.3 Å². The van der Waals surface area contributed by atoms with E-state index in [2.05, 4.69) is 15.1 Å². The SMILES string of the molecule is O=C(CN(Cc1ccc2c(c1)OCO2)C(=O)c1ccccc1F)N1CCCN(c2ccc(-c3ccccc3Cl)nn2)CC1. The number of hydrogen-bond donors (Lipinski definition) is 0. The minimum atomic E-state index is -0.636. The summed E-state index contributed by atoms with van der Waals surface area (Å²) in [5, 5.41) is 9.41. The fourth-order valence-corrected chi connectivity index (χ4v) is 5.46. The second-order valence-electron chi connectivity index (χ2n) is 10.3. The molecule has 4 aromatic rings. The molecule has 1 saturated heterocycles. The van der Waals surface area contributed by atoms with Gasteiger partial charge in [-0.25, -0.2) is 4.39 Å². The van der Waals surface area contributed by atoms with Gasteiger partial charge in [0.1, 0.15) is 12.4 Å². The number of nitrogens with zero attached hydrogens (tertiary/aromatic N) is 5. The van der Waals surface area contributed by atoms with Crippen LogP contribution in [-0.4, -0.2) is 71.3 Å². The van der Waals surface area contributed by atoms with Crippen LogP contribution in [0.3, 0.4) is 0 Å². The lowest BCUT2D eigenvalue weighted by atomic mass is 10.1. The van der Waals surface area contributed by atoms with Crippen molar-refractivity contribution in [2.24, 2.45) is 0 Å². The van der Waals surface area contributed by atoms with Crippen LogP contribution in [0, 0.1) is 5.82 Å². The van der Waals surface area contributed by atoms with E-state index in [0.29, 0.717) is 60.6 Å². The minimum Gasteiger partial charge on any atom is -0.454 e. The summed E-state index contributed by atoms with van der Waals surface area (Å²) >= 11 is 6.31. The van der Waals surface area contributed by atoms with E-state index >= 15 is 0 Å². The van der Waals surface area contributed by atoms with Gasteiger partial charge in [-0.15, -0.1) is 10.2 Å². The molecule has 0 saturated carbocycles. The first kappa shape index (κ1) is 28.4. The van der Waals surface area contributed by atoms with Crippen LogP contribution < -0.4 is 14.4 Å². The van der Waals surface area contributed by atoms with Crippen LogP contribution in [0.4, 0.5) is 10.2 Å². The molecule has 220 valence electrons. The molecule has 0 N–H and O–H groups in total. The largest absolute Gasteiger partial charge is 0.454 e. The molecule has 6 rings (SSSR count). The Hall–Kier alpha value is -4.70. The first-order valence-electron chi connectivity index (χ1n) is 14.0. The van der Waals surface area contributed by atoms with E-state index < -0.39 is 11.7 Å². The van der Waals surface area contributed by atoms with Gasteiger partial charge < -0.3 is 24.2 Å². The maximum atomic E-state index is 14.6. The molecule has 9 nitrogen and oxygen atoms in total. The van der Waals surface area contributed by atoms with Gasteiger partial charge in [-0.3, -0.25) is 9.59 Å². The maximum Gasteiger partial charge on any atom is 0.257 e. The summed E-state index contributed by atoms with van der Waals surface area (Å²) in [5.74, 6) is 0.482. The number of benzene rings is 3. The van der Waals surface area contributed by atoms with Crippen molar-refractivity contribution in [2.45, 2.75) is 13.0 Å². The Morgan fingerprint density at radius 2 is 1.70 bits per heavy atom. The average Bonchev–Trinajstić information content (AvgIpc) is 3.35. The van der Waals surface area contributed by atoms with Crippen LogP contribution in [0.2, 0.25) is 5.02 Å². The maximum absolute atomic E-state index is 14.6. The summed E-state index contributed by atoms with van der Waals surface area (Å²) in [5.41, 5.74) is 2.15. The fraction of sp³-hybridized carbons (Fsp3) is 0.250. The van der Waals surface area contributed by atoms with Crippen LogP contribution in [0.5, 0.6) is 11.5 Å². The first-order chi connectivity index (χ1) is 21.0. The summed E-state index contributed by atoms with van der Waals surface area (Å²) in [6, 6.07) is 22.4. The van der Waals surface area contributed by atoms with Crippen LogP contribution in [0.15, 0.2) is 78.9 Å². The van der Waals surface area contributed by atoms with E-state index in [1.165, 1.54) is 23.1 Å². The van der Waals surface area contributed by atoms with E-state index in [4.69, 9.17) is 21.1 Å². The Bertz CT molecular complexity index is 1640. The molecule has 1 aromatic heterocycles. The lowest BCUT2D eigenvalue weighted by Gasteiger charge is -2.27. The van der Waals surface area contributed by atoms with E-state index in [-0.39, 0.29) is 31.4 Å². The van der Waals surface area contributed by atoms with E-state index in [1.807, 2.05) is 42.5 Å². The highest BCUT2D eigenvalue weighted by Gasteiger charge is 2.27. The number of amides is 2. The molecular formula is C32H29ClFN5O4. The number of halogens is 2. The Labute approximate surface area is 253 Å². The summed E-state index contributed by atoms with van der Waals surface area (Å²) < 4.78 is 25.5. The molecule has 2 aliphatic rings. The van der Waals surface area contributed by atoms with Gasteiger partial charge in [0.05, 0.1) is 16.3 Å². The van der Waals surface area contributed by atoms with Gasteiger partial charge in [-0.05, 0) is 54.4 Å². The molecule has 0 radical (unpaired) electrons. The predicted octanol–water partition coefficient (Wildman–Crippen LogP) is 5.05. The van der Waals surface area contributed by atoms with E-state index in [0.717, 1.165) is 11.1 Å². The zero-order chi connectivity index (χ0) is 29.8. The Kier molecular flexibility index (Phi) is 8.37. The normalized spacial score (nSPS) is 14.4. The first-order valence-corrected chi connectivity index (χ1v) is 14.4. The van der Waals surface area contributed by atoms with Gasteiger partial charge in [0.25, 0.3) is 5.91 Å². The molecule has 43 heavy (non-hydrogen) atoms. The second kappa shape index (κ2) is 12.7. The Morgan fingerprint density at radius 1 is 0.884 bits per heavy atom. The van der Waals surface area contributed by atoms with Gasteiger partial charge >= 0.3 is 0 Å². The molecule has 2 aliphatic heterocycles. The fourth-order valence-electron chi connectivity index (χ4n) is 5.23. The van der Waals surface area contributed by atoms with Crippen molar-refractivity contribution in [3.63, 3.8) is 0 Å². The van der Waals surface area contributed by atoms with Crippen molar-refractivity contribution in [1.29, 1.82) is 0 Å². The highest BCUT2D eigenvalue weighted by atomic mass is 35.5. The van der Waals surface area contributed by atoms with Gasteiger partial charge in [-0.1, -0.05) is 48.0 Å². The molecule has 0 bridgehead atoms. The van der Waals surface area contributed by atoms with Crippen molar-refractivity contribution in [3.05, 3.63) is 101 Å². The average molecular weight is 602 g/mol. The van der Waals surface area contributed by atoms with E-state index in [9.17, 15) is 14.0 Å². The summed E-state index contributed by atoms with van der Waals surface area (Å²) in [4.78, 5) is 32.3. The molecule has 0 aliphatic carbocycles. The van der Waals surface area contributed by atoms with Crippen LogP contribution >= 0.6 is 11.6 Å². The van der Waals surface area contributed by atoms with E-state index in [1.54, 1.807) is 23.1 Å². The number of carbonyl (C=O) groups excluding carboxylic acids is 2. The van der Waals surface area contributed by atoms with Crippen molar-refractivity contribution in [2.75, 3.05) is 44.4 Å². The third kappa shape index (κ3) is 6.39. The van der Waals surface area contributed by atoms with Crippen LogP contribution in [-0.2, 0) is 11.3 Å². The van der Waals surface area contributed by atoms with Gasteiger partial charge in [-0.2, -0.15) is 0 Å². The predicted molar refractivity (Wildman–Crippen MR) is 160 cm³/mol. The van der Waals surface area contributed by atoms with Crippen molar-refractivity contribution in [3.8, 4) is 22.8 Å². The molecule has 2 amide bonds. The molecule has 1 fully saturated rings. The number of fused-ring (bicyclic) bond motifs is 1. The second-order valence-corrected chi connectivity index (χ2v) is 10.7. The Balaban J connectivity index is 1.14. The zero-order valence-corrected chi connectivity index (χ0v) is 24.0. The lowest BCUT2D eigenvalue weighted by Crippen LogP contribution is -2.44. The highest BCUT2D eigenvalue weighted by Crippen LogP contribution is 2.33. The summed E-state index contributed by atoms with van der Waals surface area (Å²) in [7, 11) is 0. The Morgan fingerprint density at radius 3 is 2.51 bits per heavy atom.